The summed E-state index contributed by atoms with van der Waals surface area (Å²) in [5.74, 6) is 0.801. The first-order valence-electron chi connectivity index (χ1n) is 22.5. The molecular weight excluding hydrogens is 707 g/mol. The number of rotatable bonds is 11. The molecule has 2 heterocycles. The summed E-state index contributed by atoms with van der Waals surface area (Å²) in [6.45, 7) is 27.8. The Hall–Kier alpha value is -1.85. The Labute approximate surface area is 337 Å². The number of hydrogen-bond acceptors (Lipinski definition) is 9. The van der Waals surface area contributed by atoms with Gasteiger partial charge >= 0.3 is 11.9 Å². The summed E-state index contributed by atoms with van der Waals surface area (Å²) >= 11 is 0. The molecule has 0 aromatic carbocycles. The van der Waals surface area contributed by atoms with Crippen molar-refractivity contribution in [3.05, 3.63) is 11.1 Å². The third-order valence-corrected chi connectivity index (χ3v) is 17.4. The molecule has 0 spiro atoms. The lowest BCUT2D eigenvalue weighted by molar-refractivity contribution is -0.214. The van der Waals surface area contributed by atoms with Gasteiger partial charge in [0.05, 0.1) is 31.2 Å². The van der Waals surface area contributed by atoms with Crippen LogP contribution in [0.15, 0.2) is 11.1 Å². The van der Waals surface area contributed by atoms with Crippen molar-refractivity contribution in [1.82, 2.24) is 14.7 Å². The number of aliphatic carboxylic acids is 1. The molecule has 7 rings (SSSR count). The molecular formula is C46H75N3O7. The molecule has 10 heteroatoms. The minimum absolute atomic E-state index is 0.101. The summed E-state index contributed by atoms with van der Waals surface area (Å²) in [7, 11) is 0. The Bertz CT molecular complexity index is 1530. The molecule has 4 saturated carbocycles. The Morgan fingerprint density at radius 2 is 1.46 bits per heavy atom. The zero-order chi connectivity index (χ0) is 40.4. The van der Waals surface area contributed by atoms with Crippen LogP contribution in [-0.4, -0.2) is 127 Å². The summed E-state index contributed by atoms with van der Waals surface area (Å²) in [4.78, 5) is 46.5. The number of aliphatic hydroxyl groups is 1. The number of fused-ring (bicyclic) bond motifs is 7. The van der Waals surface area contributed by atoms with Crippen molar-refractivity contribution < 1.29 is 34.1 Å². The molecule has 5 aliphatic carbocycles. The smallest absolute Gasteiger partial charge is 0.309 e. The van der Waals surface area contributed by atoms with Crippen LogP contribution < -0.4 is 0 Å². The van der Waals surface area contributed by atoms with Crippen LogP contribution in [0.4, 0.5) is 0 Å². The van der Waals surface area contributed by atoms with Gasteiger partial charge in [-0.3, -0.25) is 29.1 Å². The molecule has 0 aromatic rings. The molecule has 2 aliphatic heterocycles. The van der Waals surface area contributed by atoms with Gasteiger partial charge in [0, 0.05) is 76.2 Å². The molecule has 0 bridgehead atoms. The number of carbonyl (C=O) groups excluding carboxylic acids is 2. The summed E-state index contributed by atoms with van der Waals surface area (Å²) < 4.78 is 11.7. The first-order chi connectivity index (χ1) is 26.3. The molecule has 316 valence electrons. The van der Waals surface area contributed by atoms with E-state index in [0.29, 0.717) is 36.6 Å². The Kier molecular flexibility index (Phi) is 11.8. The number of allylic oxidation sites excluding steroid dienone is 1. The second-order valence-electron chi connectivity index (χ2n) is 21.5. The number of carboxylic acid groups (broad SMARTS) is 1. The molecule has 56 heavy (non-hydrogen) atoms. The Morgan fingerprint density at radius 1 is 0.839 bits per heavy atom. The number of ketones is 1. The van der Waals surface area contributed by atoms with E-state index in [1.54, 1.807) is 13.8 Å². The van der Waals surface area contributed by atoms with Gasteiger partial charge in [0.2, 0.25) is 0 Å². The second-order valence-corrected chi connectivity index (χ2v) is 21.5. The molecule has 0 amide bonds. The van der Waals surface area contributed by atoms with E-state index in [2.05, 4.69) is 56.2 Å². The molecule has 0 radical (unpaired) electrons. The fraction of sp³-hybridized carbons (Fsp3) is 0.891. The van der Waals surface area contributed by atoms with Crippen molar-refractivity contribution >= 4 is 17.7 Å². The zero-order valence-electron chi connectivity index (χ0n) is 36.2. The minimum atomic E-state index is -1.16. The van der Waals surface area contributed by atoms with Crippen LogP contribution in [0.2, 0.25) is 0 Å². The number of hydrogen-bond donors (Lipinski definition) is 2. The van der Waals surface area contributed by atoms with Gasteiger partial charge < -0.3 is 19.7 Å². The van der Waals surface area contributed by atoms with Crippen LogP contribution in [0.25, 0.3) is 0 Å². The molecule has 9 atom stereocenters. The number of piperazine rings is 1. The van der Waals surface area contributed by atoms with Gasteiger partial charge in [-0.25, -0.2) is 0 Å². The third kappa shape index (κ3) is 7.36. The maximum absolute atomic E-state index is 14.1. The molecule has 9 unspecified atom stereocenters. The van der Waals surface area contributed by atoms with Gasteiger partial charge in [-0.05, 0) is 111 Å². The number of carboxylic acids is 1. The number of aliphatic hydroxyl groups excluding tert-OH is 1. The van der Waals surface area contributed by atoms with Crippen LogP contribution in [0, 0.1) is 56.7 Å². The van der Waals surface area contributed by atoms with Gasteiger partial charge in [-0.1, -0.05) is 47.1 Å². The average molecular weight is 782 g/mol. The lowest BCUT2D eigenvalue weighted by Gasteiger charge is -2.69. The van der Waals surface area contributed by atoms with Gasteiger partial charge in [-0.15, -0.1) is 0 Å². The monoisotopic (exact) mass is 782 g/mol. The molecule has 2 N–H and O–H groups in total. The lowest BCUT2D eigenvalue weighted by Crippen LogP contribution is -2.63. The first-order valence-corrected chi connectivity index (χ1v) is 22.5. The summed E-state index contributed by atoms with van der Waals surface area (Å²) in [5, 5.41) is 22.1. The number of esters is 1. The predicted octanol–water partition coefficient (Wildman–Crippen LogP) is 6.30. The van der Waals surface area contributed by atoms with Crippen LogP contribution in [0.1, 0.15) is 120 Å². The minimum Gasteiger partial charge on any atom is -0.481 e. The Balaban J connectivity index is 1.05. The highest BCUT2D eigenvalue weighted by Crippen LogP contribution is 2.73. The van der Waals surface area contributed by atoms with E-state index in [-0.39, 0.29) is 40.5 Å². The topological polar surface area (TPSA) is 120 Å². The highest BCUT2D eigenvalue weighted by Gasteiger charge is 2.67. The van der Waals surface area contributed by atoms with Crippen LogP contribution in [0.5, 0.6) is 0 Å². The van der Waals surface area contributed by atoms with Gasteiger partial charge in [0.25, 0.3) is 0 Å². The van der Waals surface area contributed by atoms with E-state index < -0.39 is 28.9 Å². The number of morpholine rings is 1. The number of Topliss-reactive ketones (excluding diaryl/α,β-unsaturated/α-hetero) is 1. The molecule has 7 aliphatic rings. The van der Waals surface area contributed by atoms with E-state index in [9.17, 15) is 24.6 Å². The number of nitrogens with zero attached hydrogens (tertiary/aromatic N) is 3. The van der Waals surface area contributed by atoms with Gasteiger partial charge in [0.1, 0.15) is 6.10 Å². The van der Waals surface area contributed by atoms with E-state index in [0.717, 1.165) is 123 Å². The third-order valence-electron chi connectivity index (χ3n) is 17.4. The van der Waals surface area contributed by atoms with E-state index in [1.165, 1.54) is 5.57 Å². The van der Waals surface area contributed by atoms with Crippen LogP contribution in [-0.2, 0) is 23.9 Å². The van der Waals surface area contributed by atoms with Crippen molar-refractivity contribution in [2.45, 2.75) is 132 Å². The first kappa shape index (κ1) is 42.3. The standard InChI is InChI=1S/C46H75N3O7/c1-30(2)39-33(50)27-46(36(51)29-49-21-19-47(20-22-49)17-18-48-23-25-55-26-24-48)16-11-32-31(40(39)46)9-10-35-44(32,7)14-12-34-43(5,6)37(13-15-45(34,35)8)56-38(52)28-42(3,4)41(53)54/h30-32,34-37,51H,9-29H2,1-8H3,(H,53,54). The SMILES string of the molecule is CC(C)C1=C2C3CCC4C(C)(CCC5C(C)(C)C(OC(=O)CC(C)(C)C(=O)O)CCC54C)C3CCC2(C(O)CN2CCN(CCN3CCOCC3)CC2)CC1=O. The van der Waals surface area contributed by atoms with Crippen molar-refractivity contribution in [3.63, 3.8) is 0 Å². The van der Waals surface area contributed by atoms with E-state index in [4.69, 9.17) is 9.47 Å². The zero-order valence-corrected chi connectivity index (χ0v) is 36.2. The molecule has 10 nitrogen and oxygen atoms in total. The second kappa shape index (κ2) is 15.6. The lowest BCUT2D eigenvalue weighted by atomic mass is 9.36. The van der Waals surface area contributed by atoms with Crippen molar-refractivity contribution in [3.8, 4) is 0 Å². The normalized spacial score (nSPS) is 38.8. The maximum atomic E-state index is 14.1. The van der Waals surface area contributed by atoms with Crippen molar-refractivity contribution in [1.29, 1.82) is 0 Å². The Morgan fingerprint density at radius 3 is 2.11 bits per heavy atom. The fourth-order valence-electron chi connectivity index (χ4n) is 14.3. The van der Waals surface area contributed by atoms with Crippen LogP contribution >= 0.6 is 0 Å². The highest BCUT2D eigenvalue weighted by molar-refractivity contribution is 6.00. The van der Waals surface area contributed by atoms with Gasteiger partial charge in [0.15, 0.2) is 5.78 Å². The number of β-amino-alcohol motifs (C(OH)–C–C–N with tert-alkyl or cyclic N) is 1. The van der Waals surface area contributed by atoms with E-state index >= 15 is 0 Å². The molecule has 2 saturated heterocycles. The number of carbonyl (C=O) groups is 3. The van der Waals surface area contributed by atoms with Gasteiger partial charge in [-0.2, -0.15) is 0 Å². The van der Waals surface area contributed by atoms with Crippen LogP contribution in [0.3, 0.4) is 0 Å². The molecule has 6 fully saturated rings. The maximum Gasteiger partial charge on any atom is 0.309 e. The molecule has 0 aromatic heterocycles. The fourth-order valence-corrected chi connectivity index (χ4v) is 14.3. The predicted molar refractivity (Wildman–Crippen MR) is 217 cm³/mol. The number of ether oxygens (including phenoxy) is 2. The van der Waals surface area contributed by atoms with Crippen molar-refractivity contribution in [2.24, 2.45) is 56.7 Å². The average Bonchev–Trinajstić information content (AvgIpc) is 3.46. The van der Waals surface area contributed by atoms with E-state index in [1.807, 2.05) is 0 Å². The summed E-state index contributed by atoms with van der Waals surface area (Å²) in [5.41, 5.74) is 0.810. The van der Waals surface area contributed by atoms with Crippen molar-refractivity contribution in [2.75, 3.05) is 72.1 Å². The largest absolute Gasteiger partial charge is 0.481 e. The summed E-state index contributed by atoms with van der Waals surface area (Å²) in [6, 6.07) is 0. The highest BCUT2D eigenvalue weighted by atomic mass is 16.5. The quantitative estimate of drug-likeness (QED) is 0.231. The summed E-state index contributed by atoms with van der Waals surface area (Å²) in [6.07, 6.45) is 7.74.